The largest absolute Gasteiger partial charge is 0.358 e. The van der Waals surface area contributed by atoms with Crippen LogP contribution in [0.15, 0.2) is 29.2 Å². The van der Waals surface area contributed by atoms with Crippen molar-refractivity contribution in [3.05, 3.63) is 45.6 Å². The number of anilines is 1. The van der Waals surface area contributed by atoms with Crippen LogP contribution in [0.5, 0.6) is 0 Å². The molecule has 0 saturated carbocycles. The first-order valence-corrected chi connectivity index (χ1v) is 8.79. The fourth-order valence-electron chi connectivity index (χ4n) is 2.41. The van der Waals surface area contributed by atoms with Gasteiger partial charge in [0.05, 0.1) is 15.9 Å². The molecule has 0 aliphatic carbocycles. The van der Waals surface area contributed by atoms with Crippen molar-refractivity contribution in [3.8, 4) is 0 Å². The Morgan fingerprint density at radius 2 is 2.12 bits per heavy atom. The van der Waals surface area contributed by atoms with E-state index in [0.29, 0.717) is 17.7 Å². The van der Waals surface area contributed by atoms with Crippen LogP contribution < -0.4 is 10.5 Å². The Labute approximate surface area is 139 Å². The lowest BCUT2D eigenvalue weighted by Gasteiger charge is -2.16. The molecule has 9 nitrogen and oxygen atoms in total. The smallest absolute Gasteiger partial charge is 0.333 e. The fourth-order valence-corrected chi connectivity index (χ4v) is 2.98. The molecule has 0 aliphatic rings. The van der Waals surface area contributed by atoms with Gasteiger partial charge in [-0.3, -0.25) is 10.1 Å². The van der Waals surface area contributed by atoms with Crippen molar-refractivity contribution in [2.24, 2.45) is 12.2 Å². The van der Waals surface area contributed by atoms with Crippen molar-refractivity contribution >= 4 is 21.5 Å². The lowest BCUT2D eigenvalue weighted by Crippen LogP contribution is -2.14. The van der Waals surface area contributed by atoms with E-state index in [1.807, 2.05) is 0 Å². The van der Waals surface area contributed by atoms with Gasteiger partial charge in [-0.05, 0) is 31.0 Å². The van der Waals surface area contributed by atoms with Crippen molar-refractivity contribution in [2.45, 2.75) is 31.2 Å². The maximum atomic E-state index is 11.5. The minimum atomic E-state index is -3.81. The molecule has 130 valence electrons. The number of nitrogens with one attached hydrogen (secondary N) is 1. The van der Waals surface area contributed by atoms with Gasteiger partial charge in [0, 0.05) is 7.05 Å². The van der Waals surface area contributed by atoms with Crippen LogP contribution in [0.2, 0.25) is 0 Å². The molecule has 10 heteroatoms. The molecule has 0 spiro atoms. The van der Waals surface area contributed by atoms with Crippen LogP contribution in [0, 0.1) is 10.1 Å². The SMILES string of the molecule is CCc1nn(C)c(NC(C)c2cccc(S(N)(=O)=O)c2)c1[N+](=O)[O-]. The highest BCUT2D eigenvalue weighted by molar-refractivity contribution is 7.89. The second-order valence-corrected chi connectivity index (χ2v) is 6.92. The number of nitro groups is 1. The van der Waals surface area contributed by atoms with E-state index in [1.165, 1.54) is 16.8 Å². The van der Waals surface area contributed by atoms with Crippen molar-refractivity contribution in [1.29, 1.82) is 0 Å². The first-order chi connectivity index (χ1) is 11.1. The number of primary sulfonamides is 1. The molecule has 1 aromatic carbocycles. The number of nitrogens with two attached hydrogens (primary N) is 1. The molecule has 0 bridgehead atoms. The van der Waals surface area contributed by atoms with Crippen molar-refractivity contribution in [1.82, 2.24) is 9.78 Å². The number of rotatable bonds is 6. The van der Waals surface area contributed by atoms with Crippen LogP contribution >= 0.6 is 0 Å². The lowest BCUT2D eigenvalue weighted by atomic mass is 10.1. The number of nitrogens with zero attached hydrogens (tertiary/aromatic N) is 3. The predicted octanol–water partition coefficient (Wildman–Crippen LogP) is 1.71. The Kier molecular flexibility index (Phi) is 4.90. The fraction of sp³-hybridized carbons (Fsp3) is 0.357. The van der Waals surface area contributed by atoms with E-state index >= 15 is 0 Å². The van der Waals surface area contributed by atoms with Crippen molar-refractivity contribution in [2.75, 3.05) is 5.32 Å². The minimum Gasteiger partial charge on any atom is -0.358 e. The van der Waals surface area contributed by atoms with Crippen LogP contribution in [0.4, 0.5) is 11.5 Å². The van der Waals surface area contributed by atoms with Crippen molar-refractivity contribution in [3.63, 3.8) is 0 Å². The maximum Gasteiger partial charge on any atom is 0.333 e. The van der Waals surface area contributed by atoms with Gasteiger partial charge in [-0.1, -0.05) is 19.1 Å². The molecular weight excluding hydrogens is 334 g/mol. The van der Waals surface area contributed by atoms with Crippen LogP contribution in [0.3, 0.4) is 0 Å². The average molecular weight is 353 g/mol. The van der Waals surface area contributed by atoms with Gasteiger partial charge in [0.1, 0.15) is 5.69 Å². The second kappa shape index (κ2) is 6.57. The van der Waals surface area contributed by atoms with Crippen LogP contribution in [-0.2, 0) is 23.5 Å². The number of benzene rings is 1. The number of aryl methyl sites for hydroxylation is 2. The topological polar surface area (TPSA) is 133 Å². The van der Waals surface area contributed by atoms with E-state index in [-0.39, 0.29) is 22.4 Å². The molecule has 2 aromatic rings. The van der Waals surface area contributed by atoms with E-state index in [4.69, 9.17) is 5.14 Å². The summed E-state index contributed by atoms with van der Waals surface area (Å²) in [5.74, 6) is 0.269. The van der Waals surface area contributed by atoms with E-state index < -0.39 is 14.9 Å². The molecule has 0 saturated heterocycles. The average Bonchev–Trinajstić information content (AvgIpc) is 2.82. The zero-order valence-corrected chi connectivity index (χ0v) is 14.4. The molecule has 24 heavy (non-hydrogen) atoms. The molecule has 0 amide bonds. The van der Waals surface area contributed by atoms with Gasteiger partial charge in [-0.25, -0.2) is 18.2 Å². The number of hydrogen-bond acceptors (Lipinski definition) is 6. The predicted molar refractivity (Wildman–Crippen MR) is 89.1 cm³/mol. The molecular formula is C14H19N5O4S. The Morgan fingerprint density at radius 1 is 1.46 bits per heavy atom. The highest BCUT2D eigenvalue weighted by atomic mass is 32.2. The van der Waals surface area contributed by atoms with Gasteiger partial charge in [0.25, 0.3) is 0 Å². The maximum absolute atomic E-state index is 11.5. The summed E-state index contributed by atoms with van der Waals surface area (Å²) in [5.41, 5.74) is 0.944. The van der Waals surface area contributed by atoms with Crippen LogP contribution in [0.1, 0.15) is 31.1 Å². The standard InChI is InChI=1S/C14H19N5O4S/c1-4-12-13(19(20)21)14(18(3)17-12)16-9(2)10-6-5-7-11(8-10)24(15,22)23/h5-9,16H,4H2,1-3H3,(H2,15,22,23). The number of hydrogen-bond donors (Lipinski definition) is 2. The Morgan fingerprint density at radius 3 is 2.67 bits per heavy atom. The zero-order valence-electron chi connectivity index (χ0n) is 13.6. The molecule has 0 aliphatic heterocycles. The van der Waals surface area contributed by atoms with Crippen molar-refractivity contribution < 1.29 is 13.3 Å². The van der Waals surface area contributed by atoms with Gasteiger partial charge in [-0.15, -0.1) is 0 Å². The third-order valence-corrected chi connectivity index (χ3v) is 4.56. The summed E-state index contributed by atoms with van der Waals surface area (Å²) in [6.45, 7) is 3.56. The van der Waals surface area contributed by atoms with Crippen LogP contribution in [-0.4, -0.2) is 23.1 Å². The summed E-state index contributed by atoms with van der Waals surface area (Å²) in [6.07, 6.45) is 0.432. The first kappa shape index (κ1) is 17.9. The van der Waals surface area contributed by atoms with Gasteiger partial charge in [0.15, 0.2) is 0 Å². The first-order valence-electron chi connectivity index (χ1n) is 7.24. The molecule has 2 rings (SSSR count). The van der Waals surface area contributed by atoms with Gasteiger partial charge in [0.2, 0.25) is 15.8 Å². The number of sulfonamides is 1. The van der Waals surface area contributed by atoms with E-state index in [0.717, 1.165) is 0 Å². The summed E-state index contributed by atoms with van der Waals surface area (Å²) in [5, 5.41) is 23.7. The molecule has 1 unspecified atom stereocenters. The Hall–Kier alpha value is -2.46. The second-order valence-electron chi connectivity index (χ2n) is 5.36. The minimum absolute atomic E-state index is 0.0117. The summed E-state index contributed by atoms with van der Waals surface area (Å²) in [4.78, 5) is 10.9. The third kappa shape index (κ3) is 3.54. The van der Waals surface area contributed by atoms with Crippen LogP contribution in [0.25, 0.3) is 0 Å². The van der Waals surface area contributed by atoms with E-state index in [1.54, 1.807) is 33.0 Å². The molecule has 0 fully saturated rings. The zero-order chi connectivity index (χ0) is 18.1. The highest BCUT2D eigenvalue weighted by Crippen LogP contribution is 2.31. The molecule has 1 heterocycles. The van der Waals surface area contributed by atoms with Gasteiger partial charge in [-0.2, -0.15) is 5.10 Å². The van der Waals surface area contributed by atoms with Gasteiger partial charge < -0.3 is 5.32 Å². The Balaban J connectivity index is 2.39. The van der Waals surface area contributed by atoms with E-state index in [2.05, 4.69) is 10.4 Å². The molecule has 3 N–H and O–H groups in total. The lowest BCUT2D eigenvalue weighted by molar-refractivity contribution is -0.384. The number of aromatic nitrogens is 2. The molecule has 0 radical (unpaired) electrons. The Bertz CT molecular complexity index is 875. The van der Waals surface area contributed by atoms with E-state index in [9.17, 15) is 18.5 Å². The summed E-state index contributed by atoms with van der Waals surface area (Å²) in [6, 6.07) is 5.74. The quantitative estimate of drug-likeness (QED) is 0.600. The highest BCUT2D eigenvalue weighted by Gasteiger charge is 2.26. The monoisotopic (exact) mass is 353 g/mol. The third-order valence-electron chi connectivity index (χ3n) is 3.65. The molecule has 1 aromatic heterocycles. The summed E-state index contributed by atoms with van der Waals surface area (Å²) in [7, 11) is -2.20. The normalized spacial score (nSPS) is 12.8. The summed E-state index contributed by atoms with van der Waals surface area (Å²) < 4.78 is 24.3. The van der Waals surface area contributed by atoms with Gasteiger partial charge >= 0.3 is 5.69 Å². The molecule has 1 atom stereocenters. The summed E-state index contributed by atoms with van der Waals surface area (Å²) >= 11 is 0.